The molecule has 0 bridgehead atoms. The van der Waals surface area contributed by atoms with E-state index in [-0.39, 0.29) is 5.91 Å². The van der Waals surface area contributed by atoms with E-state index in [1.54, 1.807) is 6.20 Å². The Balaban J connectivity index is 1.87. The van der Waals surface area contributed by atoms with Crippen molar-refractivity contribution in [2.75, 3.05) is 20.1 Å². The van der Waals surface area contributed by atoms with Crippen LogP contribution in [0.15, 0.2) is 30.5 Å². The van der Waals surface area contributed by atoms with Gasteiger partial charge in [-0.2, -0.15) is 5.10 Å². The minimum atomic E-state index is 0.0854. The van der Waals surface area contributed by atoms with Gasteiger partial charge in [0, 0.05) is 19.1 Å². The second-order valence-corrected chi connectivity index (χ2v) is 6.22. The fraction of sp³-hybridized carbons (Fsp3) is 0.444. The lowest BCUT2D eigenvalue weighted by molar-refractivity contribution is 0.0697. The van der Waals surface area contributed by atoms with Crippen molar-refractivity contribution in [1.82, 2.24) is 20.0 Å². The van der Waals surface area contributed by atoms with Gasteiger partial charge >= 0.3 is 0 Å². The van der Waals surface area contributed by atoms with Crippen LogP contribution in [-0.4, -0.2) is 46.8 Å². The largest absolute Gasteiger partial charge is 0.337 e. The number of hydrogen-bond donors (Lipinski definition) is 1. The molecule has 5 heteroatoms. The van der Waals surface area contributed by atoms with Gasteiger partial charge in [-0.25, -0.2) is 4.68 Å². The molecule has 0 aliphatic carbocycles. The van der Waals surface area contributed by atoms with E-state index in [0.717, 1.165) is 42.9 Å². The number of likely N-dealkylation sites (N-methyl/N-ethyl adjacent to an activating group) is 1. The van der Waals surface area contributed by atoms with E-state index in [1.807, 2.05) is 41.8 Å². The molecule has 1 aliphatic rings. The highest BCUT2D eigenvalue weighted by molar-refractivity contribution is 5.95. The van der Waals surface area contributed by atoms with Gasteiger partial charge in [0.05, 0.1) is 23.1 Å². The van der Waals surface area contributed by atoms with Crippen LogP contribution in [0.5, 0.6) is 0 Å². The molecule has 2 heterocycles. The first kappa shape index (κ1) is 15.7. The van der Waals surface area contributed by atoms with Crippen LogP contribution in [0, 0.1) is 13.8 Å². The maximum absolute atomic E-state index is 12.9. The molecule has 0 unspecified atom stereocenters. The van der Waals surface area contributed by atoms with Crippen LogP contribution >= 0.6 is 0 Å². The summed E-state index contributed by atoms with van der Waals surface area (Å²) in [6.45, 7) is 5.61. The predicted octanol–water partition coefficient (Wildman–Crippen LogP) is 2.31. The molecule has 1 aromatic carbocycles. The molecular formula is C18H24N4O. The maximum atomic E-state index is 12.9. The van der Waals surface area contributed by atoms with Crippen LogP contribution in [0.3, 0.4) is 0 Å². The van der Waals surface area contributed by atoms with Crippen LogP contribution < -0.4 is 5.32 Å². The van der Waals surface area contributed by atoms with Crippen molar-refractivity contribution in [1.29, 1.82) is 0 Å². The number of aromatic nitrogens is 2. The van der Waals surface area contributed by atoms with Crippen molar-refractivity contribution in [3.63, 3.8) is 0 Å². The number of rotatable bonds is 3. The molecule has 0 saturated carbocycles. The highest BCUT2D eigenvalue weighted by Crippen LogP contribution is 2.20. The molecule has 23 heavy (non-hydrogen) atoms. The summed E-state index contributed by atoms with van der Waals surface area (Å²) in [6, 6.07) is 8.48. The maximum Gasteiger partial charge on any atom is 0.257 e. The average Bonchev–Trinajstić information content (AvgIpc) is 2.96. The topological polar surface area (TPSA) is 50.2 Å². The number of carbonyl (C=O) groups excluding carboxylic acids is 1. The minimum Gasteiger partial charge on any atom is -0.337 e. The van der Waals surface area contributed by atoms with Gasteiger partial charge < -0.3 is 10.2 Å². The van der Waals surface area contributed by atoms with Crippen LogP contribution in [-0.2, 0) is 0 Å². The van der Waals surface area contributed by atoms with Crippen molar-refractivity contribution >= 4 is 5.91 Å². The normalized spacial score (nSPS) is 18.2. The van der Waals surface area contributed by atoms with Gasteiger partial charge in [-0.1, -0.05) is 18.2 Å². The molecule has 1 amide bonds. The van der Waals surface area contributed by atoms with E-state index in [1.165, 1.54) is 0 Å². The summed E-state index contributed by atoms with van der Waals surface area (Å²) in [5.41, 5.74) is 3.77. The summed E-state index contributed by atoms with van der Waals surface area (Å²) in [7, 11) is 1.96. The summed E-state index contributed by atoms with van der Waals surface area (Å²) in [5, 5.41) is 7.73. The molecule has 2 aromatic rings. The first-order chi connectivity index (χ1) is 11.1. The first-order valence-corrected chi connectivity index (χ1v) is 8.19. The predicted molar refractivity (Wildman–Crippen MR) is 91.0 cm³/mol. The average molecular weight is 312 g/mol. The van der Waals surface area contributed by atoms with Gasteiger partial charge in [-0.3, -0.25) is 4.79 Å². The van der Waals surface area contributed by atoms with E-state index in [9.17, 15) is 4.79 Å². The molecule has 3 rings (SSSR count). The Labute approximate surface area is 137 Å². The van der Waals surface area contributed by atoms with Crippen molar-refractivity contribution in [2.24, 2.45) is 0 Å². The summed E-state index contributed by atoms with van der Waals surface area (Å²) in [5.74, 6) is 0.0854. The number of nitrogens with one attached hydrogen (secondary N) is 1. The Morgan fingerprint density at radius 2 is 2.09 bits per heavy atom. The lowest BCUT2D eigenvalue weighted by atomic mass is 10.0. The van der Waals surface area contributed by atoms with E-state index < -0.39 is 0 Å². The zero-order valence-electron chi connectivity index (χ0n) is 14.0. The lowest BCUT2D eigenvalue weighted by Gasteiger charge is -2.32. The lowest BCUT2D eigenvalue weighted by Crippen LogP contribution is -2.47. The van der Waals surface area contributed by atoms with Gasteiger partial charge in [0.15, 0.2) is 0 Å². The van der Waals surface area contributed by atoms with Crippen molar-refractivity contribution in [3.8, 4) is 5.69 Å². The Hall–Kier alpha value is -2.14. The number of aryl methyl sites for hydroxylation is 1. The SMILES string of the molecule is CN[C@@H]1CCCN(C(=O)c2cnn(-c3ccccc3C)c2C)C1. The third kappa shape index (κ3) is 3.01. The minimum absolute atomic E-state index is 0.0854. The molecule has 122 valence electrons. The summed E-state index contributed by atoms with van der Waals surface area (Å²) < 4.78 is 1.86. The molecule has 1 aliphatic heterocycles. The number of nitrogens with zero attached hydrogens (tertiary/aromatic N) is 3. The fourth-order valence-corrected chi connectivity index (χ4v) is 3.23. The van der Waals surface area contributed by atoms with Crippen molar-refractivity contribution in [2.45, 2.75) is 32.7 Å². The molecular weight excluding hydrogens is 288 g/mol. The molecule has 1 atom stereocenters. The number of carbonyl (C=O) groups is 1. The van der Waals surface area contributed by atoms with Crippen LogP contribution in [0.1, 0.15) is 34.5 Å². The van der Waals surface area contributed by atoms with E-state index in [2.05, 4.69) is 23.4 Å². The third-order valence-corrected chi connectivity index (χ3v) is 4.70. The van der Waals surface area contributed by atoms with Gasteiger partial charge in [0.25, 0.3) is 5.91 Å². The fourth-order valence-electron chi connectivity index (χ4n) is 3.23. The number of hydrogen-bond acceptors (Lipinski definition) is 3. The highest BCUT2D eigenvalue weighted by atomic mass is 16.2. The van der Waals surface area contributed by atoms with Gasteiger partial charge in [-0.05, 0) is 45.4 Å². The smallest absolute Gasteiger partial charge is 0.257 e. The van der Waals surface area contributed by atoms with Crippen LogP contribution in [0.4, 0.5) is 0 Å². The van der Waals surface area contributed by atoms with Crippen LogP contribution in [0.25, 0.3) is 5.69 Å². The van der Waals surface area contributed by atoms with Gasteiger partial charge in [0.1, 0.15) is 0 Å². The Kier molecular flexibility index (Phi) is 4.48. The van der Waals surface area contributed by atoms with Gasteiger partial charge in [-0.15, -0.1) is 0 Å². The highest BCUT2D eigenvalue weighted by Gasteiger charge is 2.26. The summed E-state index contributed by atoms with van der Waals surface area (Å²) in [6.07, 6.45) is 3.87. The zero-order chi connectivity index (χ0) is 16.4. The van der Waals surface area contributed by atoms with Crippen LogP contribution in [0.2, 0.25) is 0 Å². The quantitative estimate of drug-likeness (QED) is 0.946. The summed E-state index contributed by atoms with van der Waals surface area (Å²) >= 11 is 0. The van der Waals surface area contributed by atoms with Crippen molar-refractivity contribution in [3.05, 3.63) is 47.3 Å². The van der Waals surface area contributed by atoms with E-state index >= 15 is 0 Å². The molecule has 1 N–H and O–H groups in total. The Morgan fingerprint density at radius 3 is 2.83 bits per heavy atom. The third-order valence-electron chi connectivity index (χ3n) is 4.70. The second-order valence-electron chi connectivity index (χ2n) is 6.22. The zero-order valence-corrected chi connectivity index (χ0v) is 14.0. The number of piperidine rings is 1. The number of para-hydroxylation sites is 1. The first-order valence-electron chi connectivity index (χ1n) is 8.19. The molecule has 0 radical (unpaired) electrons. The molecule has 1 saturated heterocycles. The summed E-state index contributed by atoms with van der Waals surface area (Å²) in [4.78, 5) is 14.8. The van der Waals surface area contributed by atoms with E-state index in [4.69, 9.17) is 0 Å². The molecule has 1 fully saturated rings. The second kappa shape index (κ2) is 6.54. The molecule has 1 aromatic heterocycles. The molecule has 5 nitrogen and oxygen atoms in total. The number of amides is 1. The molecule has 0 spiro atoms. The monoisotopic (exact) mass is 312 g/mol. The number of likely N-dealkylation sites (tertiary alicyclic amines) is 1. The Bertz CT molecular complexity index is 707. The standard InChI is InChI=1S/C18H24N4O/c1-13-7-4-5-9-17(13)22-14(2)16(11-20-22)18(23)21-10-6-8-15(12-21)19-3/h4-5,7,9,11,15,19H,6,8,10,12H2,1-3H3/t15-/m1/s1. The van der Waals surface area contributed by atoms with Gasteiger partial charge in [0.2, 0.25) is 0 Å². The Morgan fingerprint density at radius 1 is 1.30 bits per heavy atom. The number of benzene rings is 1. The van der Waals surface area contributed by atoms with Crippen molar-refractivity contribution < 1.29 is 4.79 Å². The van der Waals surface area contributed by atoms with E-state index in [0.29, 0.717) is 11.6 Å².